The average molecular weight is 485 g/mol. The van der Waals surface area contributed by atoms with Crippen LogP contribution >= 0.6 is 11.8 Å². The number of rotatable bonds is 6. The normalized spacial score (nSPS) is 15.2. The molecule has 0 unspecified atom stereocenters. The van der Waals surface area contributed by atoms with Gasteiger partial charge in [-0.25, -0.2) is 4.99 Å². The van der Waals surface area contributed by atoms with Gasteiger partial charge < -0.3 is 16.0 Å². The van der Waals surface area contributed by atoms with Crippen LogP contribution in [-0.2, 0) is 9.59 Å². The van der Waals surface area contributed by atoms with E-state index in [0.717, 1.165) is 28.1 Å². The molecule has 0 bridgehead atoms. The lowest BCUT2D eigenvalue weighted by Crippen LogP contribution is -2.32. The Labute approximate surface area is 209 Å². The number of para-hydroxylation sites is 1. The van der Waals surface area contributed by atoms with E-state index < -0.39 is 6.04 Å². The number of nitrogens with zero attached hydrogens (tertiary/aromatic N) is 1. The second-order valence-corrected chi connectivity index (χ2v) is 9.35. The molecule has 0 fully saturated rings. The van der Waals surface area contributed by atoms with E-state index in [9.17, 15) is 9.59 Å². The second-order valence-electron chi connectivity index (χ2n) is 8.39. The van der Waals surface area contributed by atoms with Crippen LogP contribution in [-0.4, -0.2) is 22.7 Å². The number of nitrogens with one attached hydrogen (secondary N) is 3. The van der Waals surface area contributed by atoms with Crippen molar-refractivity contribution in [3.8, 4) is 0 Å². The largest absolute Gasteiger partial charge is 0.338 e. The van der Waals surface area contributed by atoms with Crippen molar-refractivity contribution >= 4 is 40.1 Å². The summed E-state index contributed by atoms with van der Waals surface area (Å²) in [5.74, 6) is -0.133. The summed E-state index contributed by atoms with van der Waals surface area (Å²) >= 11 is 1.31. The smallest absolute Gasteiger partial charge is 0.255 e. The molecule has 1 atom stereocenters. The van der Waals surface area contributed by atoms with Crippen LogP contribution in [0.1, 0.15) is 29.7 Å². The van der Waals surface area contributed by atoms with E-state index >= 15 is 0 Å². The van der Waals surface area contributed by atoms with E-state index in [1.54, 1.807) is 0 Å². The summed E-state index contributed by atoms with van der Waals surface area (Å²) in [5.41, 5.74) is 5.85. The van der Waals surface area contributed by atoms with Crippen LogP contribution in [0.5, 0.6) is 0 Å². The van der Waals surface area contributed by atoms with Gasteiger partial charge in [0, 0.05) is 17.1 Å². The Morgan fingerprint density at radius 3 is 2.29 bits per heavy atom. The number of carbonyl (C=O) groups is 2. The molecule has 0 saturated heterocycles. The van der Waals surface area contributed by atoms with Crippen LogP contribution in [0, 0.1) is 13.8 Å². The zero-order chi connectivity index (χ0) is 24.8. The van der Waals surface area contributed by atoms with Crippen LogP contribution in [0.4, 0.5) is 11.4 Å². The molecular formula is C28H28N4O2S. The van der Waals surface area contributed by atoms with Crippen molar-refractivity contribution in [1.82, 2.24) is 5.32 Å². The third kappa shape index (κ3) is 6.19. The van der Waals surface area contributed by atoms with Gasteiger partial charge in [-0.3, -0.25) is 9.59 Å². The van der Waals surface area contributed by atoms with Gasteiger partial charge >= 0.3 is 0 Å². The topological polar surface area (TPSA) is 82.6 Å². The number of amidine groups is 1. The number of anilines is 2. The Balaban J connectivity index is 1.50. The van der Waals surface area contributed by atoms with Gasteiger partial charge in [-0.2, -0.15) is 0 Å². The lowest BCUT2D eigenvalue weighted by atomic mass is 9.96. The quantitative estimate of drug-likeness (QED) is 0.426. The molecule has 3 aromatic carbocycles. The summed E-state index contributed by atoms with van der Waals surface area (Å²) < 4.78 is 0. The van der Waals surface area contributed by atoms with E-state index in [1.165, 1.54) is 11.8 Å². The van der Waals surface area contributed by atoms with Crippen molar-refractivity contribution in [2.45, 2.75) is 26.8 Å². The highest BCUT2D eigenvalue weighted by Gasteiger charge is 2.29. The Hall–Kier alpha value is -3.84. The first-order valence-corrected chi connectivity index (χ1v) is 12.4. The number of allylic oxidation sites excluding steroid dienone is 1. The second kappa shape index (κ2) is 11.1. The summed E-state index contributed by atoms with van der Waals surface area (Å²) in [6, 6.07) is 24.5. The van der Waals surface area contributed by atoms with E-state index in [2.05, 4.69) is 16.0 Å². The van der Waals surface area contributed by atoms with Crippen molar-refractivity contribution < 1.29 is 9.59 Å². The van der Waals surface area contributed by atoms with Crippen molar-refractivity contribution in [2.75, 3.05) is 16.4 Å². The molecule has 6 nitrogen and oxygen atoms in total. The molecule has 4 rings (SSSR count). The molecule has 3 aromatic rings. The van der Waals surface area contributed by atoms with Crippen LogP contribution < -0.4 is 16.0 Å². The Morgan fingerprint density at radius 2 is 1.60 bits per heavy atom. The third-order valence-electron chi connectivity index (χ3n) is 5.61. The highest BCUT2D eigenvalue weighted by atomic mass is 32.2. The third-order valence-corrected chi connectivity index (χ3v) is 6.49. The van der Waals surface area contributed by atoms with E-state index in [4.69, 9.17) is 4.99 Å². The van der Waals surface area contributed by atoms with Crippen LogP contribution in [0.2, 0.25) is 0 Å². The molecule has 0 saturated carbocycles. The minimum absolute atomic E-state index is 0.114. The summed E-state index contributed by atoms with van der Waals surface area (Å²) in [5, 5.41) is 9.76. The summed E-state index contributed by atoms with van der Waals surface area (Å²) in [4.78, 5) is 30.7. The monoisotopic (exact) mass is 484 g/mol. The van der Waals surface area contributed by atoms with Crippen molar-refractivity contribution in [3.05, 3.63) is 107 Å². The maximum absolute atomic E-state index is 13.2. The van der Waals surface area contributed by atoms with Crippen molar-refractivity contribution in [2.24, 2.45) is 4.99 Å². The van der Waals surface area contributed by atoms with Crippen LogP contribution in [0.3, 0.4) is 0 Å². The van der Waals surface area contributed by atoms with E-state index in [0.29, 0.717) is 16.4 Å². The number of hydrogen-bond donors (Lipinski definition) is 3. The minimum Gasteiger partial charge on any atom is -0.338 e. The highest BCUT2D eigenvalue weighted by Crippen LogP contribution is 2.33. The van der Waals surface area contributed by atoms with Gasteiger partial charge in [0.1, 0.15) is 6.04 Å². The lowest BCUT2D eigenvalue weighted by molar-refractivity contribution is -0.114. The fourth-order valence-electron chi connectivity index (χ4n) is 3.89. The number of thioether (sulfide) groups is 1. The van der Waals surface area contributed by atoms with E-state index in [1.807, 2.05) is 99.6 Å². The number of aliphatic imine (C=N–C) groups is 1. The van der Waals surface area contributed by atoms with Crippen molar-refractivity contribution in [1.29, 1.82) is 0 Å². The molecular weight excluding hydrogens is 456 g/mol. The lowest BCUT2D eigenvalue weighted by Gasteiger charge is -2.26. The zero-order valence-corrected chi connectivity index (χ0v) is 20.8. The number of carbonyl (C=O) groups excluding carboxylic acids is 2. The first-order valence-electron chi connectivity index (χ1n) is 11.4. The van der Waals surface area contributed by atoms with Gasteiger partial charge in [-0.05, 0) is 50.1 Å². The van der Waals surface area contributed by atoms with E-state index in [-0.39, 0.29) is 17.6 Å². The molecule has 0 radical (unpaired) electrons. The summed E-state index contributed by atoms with van der Waals surface area (Å²) in [6.45, 7) is 5.86. The van der Waals surface area contributed by atoms with Crippen LogP contribution in [0.15, 0.2) is 95.1 Å². The summed E-state index contributed by atoms with van der Waals surface area (Å²) in [6.07, 6.45) is 0. The predicted molar refractivity (Wildman–Crippen MR) is 145 cm³/mol. The van der Waals surface area contributed by atoms with Gasteiger partial charge in [0.2, 0.25) is 5.91 Å². The van der Waals surface area contributed by atoms with Crippen molar-refractivity contribution in [3.63, 3.8) is 0 Å². The fraction of sp³-hybridized carbons (Fsp3) is 0.179. The van der Waals surface area contributed by atoms with Gasteiger partial charge in [-0.15, -0.1) is 0 Å². The molecule has 0 aliphatic carbocycles. The molecule has 0 spiro atoms. The molecule has 1 aliphatic rings. The molecule has 1 aliphatic heterocycles. The Bertz CT molecular complexity index is 1290. The maximum Gasteiger partial charge on any atom is 0.255 e. The SMILES string of the molecule is CC1=C(C(=O)Nc2ccccc2)[C@@H](c2ccccc2)N=C(SCC(=O)Nc2ccc(C)cc2C)N1. The molecule has 178 valence electrons. The predicted octanol–water partition coefficient (Wildman–Crippen LogP) is 5.59. The molecule has 0 aromatic heterocycles. The maximum atomic E-state index is 13.2. The number of benzene rings is 3. The molecule has 2 amide bonds. The van der Waals surface area contributed by atoms with Gasteiger partial charge in [0.25, 0.3) is 5.91 Å². The average Bonchev–Trinajstić information content (AvgIpc) is 2.85. The van der Waals surface area contributed by atoms with Crippen LogP contribution in [0.25, 0.3) is 0 Å². The molecule has 7 heteroatoms. The highest BCUT2D eigenvalue weighted by molar-refractivity contribution is 8.14. The molecule has 3 N–H and O–H groups in total. The number of amides is 2. The fourth-order valence-corrected chi connectivity index (χ4v) is 4.63. The molecule has 1 heterocycles. The first kappa shape index (κ1) is 24.3. The molecule has 35 heavy (non-hydrogen) atoms. The first-order chi connectivity index (χ1) is 16.9. The minimum atomic E-state index is -0.480. The Morgan fingerprint density at radius 1 is 0.914 bits per heavy atom. The summed E-state index contributed by atoms with van der Waals surface area (Å²) in [7, 11) is 0. The number of aryl methyl sites for hydroxylation is 2. The van der Waals surface area contributed by atoms with Gasteiger partial charge in [-0.1, -0.05) is 78.0 Å². The standard InChI is InChI=1S/C28H28N4O2S/c1-18-14-15-23(19(2)16-18)31-24(33)17-35-28-29-20(3)25(26(32-28)21-10-6-4-7-11-21)27(34)30-22-12-8-5-9-13-22/h4-16,26H,17H2,1-3H3,(H,29,32)(H,30,34)(H,31,33)/t26-/m1/s1. The zero-order valence-electron chi connectivity index (χ0n) is 20.0. The van der Waals surface area contributed by atoms with Gasteiger partial charge in [0.05, 0.1) is 11.3 Å². The number of hydrogen-bond acceptors (Lipinski definition) is 5. The Kier molecular flexibility index (Phi) is 7.67. The van der Waals surface area contributed by atoms with Gasteiger partial charge in [0.15, 0.2) is 5.17 Å².